The summed E-state index contributed by atoms with van der Waals surface area (Å²) < 4.78 is 0.0340. The van der Waals surface area contributed by atoms with Crippen molar-refractivity contribution >= 4 is 24.2 Å². The molecule has 0 radical (unpaired) electrons. The van der Waals surface area contributed by atoms with Gasteiger partial charge in [-0.05, 0) is 10.7 Å². The zero-order valence-corrected chi connectivity index (χ0v) is 18.7. The van der Waals surface area contributed by atoms with Gasteiger partial charge in [-0.2, -0.15) is 0 Å². The van der Waals surface area contributed by atoms with E-state index in [1.165, 1.54) is 0 Å². The second-order valence-corrected chi connectivity index (χ2v) is 26.8. The summed E-state index contributed by atoms with van der Waals surface area (Å²) in [6.07, 6.45) is 0.499. The van der Waals surface area contributed by atoms with Crippen LogP contribution in [0.4, 0.5) is 0 Å². The van der Waals surface area contributed by atoms with Gasteiger partial charge in [0.05, 0.1) is 13.2 Å². The first-order valence-electron chi connectivity index (χ1n) is 8.01. The van der Waals surface area contributed by atoms with Crippen LogP contribution >= 0.6 is 0 Å². The van der Waals surface area contributed by atoms with Crippen LogP contribution in [0, 0.1) is 5.41 Å². The number of aliphatic hydroxyl groups is 3. The summed E-state index contributed by atoms with van der Waals surface area (Å²) in [6.45, 7) is 21.5. The van der Waals surface area contributed by atoms with Crippen molar-refractivity contribution in [3.63, 3.8) is 0 Å². The quantitative estimate of drug-likeness (QED) is 0.589. The molecule has 0 rings (SSSR count). The van der Waals surface area contributed by atoms with Crippen molar-refractivity contribution in [2.45, 2.75) is 69.6 Å². The average Bonchev–Trinajstić information content (AvgIpc) is 2.22. The van der Waals surface area contributed by atoms with Gasteiger partial charge in [-0.3, -0.25) is 0 Å². The third kappa shape index (κ3) is 3.26. The molecule has 0 saturated carbocycles. The van der Waals surface area contributed by atoms with Crippen LogP contribution in [0.25, 0.3) is 0 Å². The highest BCUT2D eigenvalue weighted by molar-refractivity contribution is 7.15. The number of rotatable bonds is 8. The maximum absolute atomic E-state index is 10.3. The second kappa shape index (κ2) is 6.57. The minimum absolute atomic E-state index is 0.0249. The monoisotopic (exact) mass is 350 g/mol. The van der Waals surface area contributed by atoms with Crippen LogP contribution < -0.4 is 0 Å². The molecule has 21 heavy (non-hydrogen) atoms. The van der Waals surface area contributed by atoms with Gasteiger partial charge >= 0.3 is 0 Å². The Kier molecular flexibility index (Phi) is 6.73. The van der Waals surface area contributed by atoms with Crippen LogP contribution in [0.3, 0.4) is 0 Å². The molecule has 0 fully saturated rings. The third-order valence-electron chi connectivity index (χ3n) is 5.37. The number of hydrogen-bond donors (Lipinski definition) is 3. The Morgan fingerprint density at radius 3 is 1.05 bits per heavy atom. The molecule has 3 N–H and O–H groups in total. The highest BCUT2D eigenvalue weighted by atomic mass is 28.5. The molecular weight excluding hydrogens is 312 g/mol. The van der Waals surface area contributed by atoms with E-state index in [4.69, 9.17) is 0 Å². The van der Waals surface area contributed by atoms with E-state index >= 15 is 0 Å². The normalized spacial score (nSPS) is 15.4. The van der Waals surface area contributed by atoms with Crippen LogP contribution in [0.1, 0.15) is 6.42 Å². The molecule has 0 spiro atoms. The van der Waals surface area contributed by atoms with Crippen LogP contribution in [0.2, 0.25) is 63.2 Å². The predicted molar refractivity (Wildman–Crippen MR) is 101 cm³/mol. The fraction of sp³-hybridized carbons (Fsp3) is 1.00. The van der Waals surface area contributed by atoms with Gasteiger partial charge in [0, 0.05) is 36.2 Å². The van der Waals surface area contributed by atoms with Gasteiger partial charge in [-0.25, -0.2) is 0 Å². The fourth-order valence-electron chi connectivity index (χ4n) is 6.61. The largest absolute Gasteiger partial charge is 0.396 e. The average molecular weight is 351 g/mol. The molecule has 0 aromatic rings. The highest BCUT2D eigenvalue weighted by Gasteiger charge is 2.68. The first-order chi connectivity index (χ1) is 9.18. The highest BCUT2D eigenvalue weighted by Crippen LogP contribution is 2.65. The molecule has 0 unspecified atom stereocenters. The molecule has 0 atom stereocenters. The van der Waals surface area contributed by atoms with E-state index in [0.29, 0.717) is 6.42 Å². The van der Waals surface area contributed by atoms with Gasteiger partial charge in [0.2, 0.25) is 0 Å². The maximum atomic E-state index is 10.3. The maximum Gasteiger partial charge on any atom is 0.0507 e. The van der Waals surface area contributed by atoms with Crippen molar-refractivity contribution in [1.29, 1.82) is 0 Å². The lowest BCUT2D eigenvalue weighted by atomic mass is 9.88. The minimum atomic E-state index is -1.73. The van der Waals surface area contributed by atoms with Crippen molar-refractivity contribution in [2.75, 3.05) is 19.8 Å². The lowest BCUT2D eigenvalue weighted by Crippen LogP contribution is -2.74. The molecule has 0 aliphatic heterocycles. The van der Waals surface area contributed by atoms with Crippen molar-refractivity contribution < 1.29 is 15.3 Å². The third-order valence-corrected chi connectivity index (χ3v) is 27.2. The van der Waals surface area contributed by atoms with E-state index in [-0.39, 0.29) is 24.1 Å². The first kappa shape index (κ1) is 21.5. The molecule has 0 aromatic carbocycles. The van der Waals surface area contributed by atoms with Crippen molar-refractivity contribution in [1.82, 2.24) is 0 Å². The summed E-state index contributed by atoms with van der Waals surface area (Å²) in [4.78, 5) is 0. The zero-order valence-electron chi connectivity index (χ0n) is 15.7. The van der Waals surface area contributed by atoms with Gasteiger partial charge in [-0.15, -0.1) is 0 Å². The molecule has 0 bridgehead atoms. The van der Waals surface area contributed by atoms with E-state index in [9.17, 15) is 15.3 Å². The number of hydrogen-bond acceptors (Lipinski definition) is 3. The smallest absolute Gasteiger partial charge is 0.0507 e. The Morgan fingerprint density at radius 1 is 0.619 bits per heavy atom. The first-order valence-corrected chi connectivity index (χ1v) is 18.5. The molecule has 0 aromatic heterocycles. The summed E-state index contributed by atoms with van der Waals surface area (Å²) in [5.41, 5.74) is -0.554. The summed E-state index contributed by atoms with van der Waals surface area (Å²) in [7, 11) is -5.19. The van der Waals surface area contributed by atoms with Crippen LogP contribution in [-0.4, -0.2) is 59.4 Å². The van der Waals surface area contributed by atoms with Crippen LogP contribution in [0.15, 0.2) is 0 Å². The molecular formula is C15H38O3Si3. The summed E-state index contributed by atoms with van der Waals surface area (Å²) in [6, 6.07) is 0. The Hall–Kier alpha value is 0.531. The van der Waals surface area contributed by atoms with E-state index in [0.717, 1.165) is 0 Å². The van der Waals surface area contributed by atoms with Gasteiger partial charge < -0.3 is 15.3 Å². The molecule has 0 aliphatic rings. The molecule has 0 amide bonds. The lowest BCUT2D eigenvalue weighted by molar-refractivity contribution is 0.0263. The molecule has 0 aliphatic carbocycles. The Morgan fingerprint density at radius 2 is 0.905 bits per heavy atom. The van der Waals surface area contributed by atoms with Crippen molar-refractivity contribution in [3.8, 4) is 0 Å². The van der Waals surface area contributed by atoms with E-state index in [2.05, 4.69) is 58.9 Å². The Labute approximate surface area is 134 Å². The Balaban J connectivity index is 6.80. The predicted octanol–water partition coefficient (Wildman–Crippen LogP) is 3.17. The van der Waals surface area contributed by atoms with E-state index in [1.807, 2.05) is 0 Å². The van der Waals surface area contributed by atoms with Crippen LogP contribution in [-0.2, 0) is 0 Å². The SMILES string of the molecule is C[Si](C)(C)C(C(CO)(CO)CCO)([Si](C)(C)C)[Si](C)(C)C. The van der Waals surface area contributed by atoms with Crippen LogP contribution in [0.5, 0.6) is 0 Å². The number of aliphatic hydroxyl groups excluding tert-OH is 3. The van der Waals surface area contributed by atoms with Gasteiger partial charge in [0.15, 0.2) is 0 Å². The molecule has 0 saturated heterocycles. The van der Waals surface area contributed by atoms with Gasteiger partial charge in [0.25, 0.3) is 0 Å². The van der Waals surface area contributed by atoms with E-state index < -0.39 is 29.6 Å². The van der Waals surface area contributed by atoms with Gasteiger partial charge in [-0.1, -0.05) is 58.9 Å². The second-order valence-electron chi connectivity index (χ2n) is 9.57. The van der Waals surface area contributed by atoms with Crippen molar-refractivity contribution in [2.24, 2.45) is 5.41 Å². The standard InChI is InChI=1S/C15H38O3Si3/c1-19(2,3)15(20(4,5)6,21(7,8)9)14(12-17,13-18)10-11-16/h16-18H,10-13H2,1-9H3. The zero-order chi connectivity index (χ0) is 17.3. The van der Waals surface area contributed by atoms with Crippen molar-refractivity contribution in [3.05, 3.63) is 0 Å². The summed E-state index contributed by atoms with van der Waals surface area (Å²) in [5, 5.41) is 30.3. The summed E-state index contributed by atoms with van der Waals surface area (Å²) >= 11 is 0. The van der Waals surface area contributed by atoms with Gasteiger partial charge in [0.1, 0.15) is 0 Å². The topological polar surface area (TPSA) is 60.7 Å². The lowest BCUT2D eigenvalue weighted by Gasteiger charge is -2.67. The Bertz CT molecular complexity index is 298. The molecule has 3 nitrogen and oxygen atoms in total. The molecule has 128 valence electrons. The molecule has 6 heteroatoms. The van der Waals surface area contributed by atoms with E-state index in [1.54, 1.807) is 0 Å². The summed E-state index contributed by atoms with van der Waals surface area (Å²) in [5.74, 6) is 0. The minimum Gasteiger partial charge on any atom is -0.396 e. The molecule has 0 heterocycles. The fourth-order valence-corrected chi connectivity index (χ4v) is 39.2.